The molecule has 11 heteroatoms. The van der Waals surface area contributed by atoms with Crippen molar-refractivity contribution in [1.82, 2.24) is 10.3 Å². The van der Waals surface area contributed by atoms with E-state index in [9.17, 15) is 18.8 Å². The Labute approximate surface area is 278 Å². The molecule has 0 aliphatic rings. The van der Waals surface area contributed by atoms with Crippen LogP contribution in [0.4, 0.5) is 15.9 Å². The highest BCUT2D eigenvalue weighted by molar-refractivity contribution is 8.00. The highest BCUT2D eigenvalue weighted by atomic mass is 35.5. The van der Waals surface area contributed by atoms with Crippen LogP contribution in [0.15, 0.2) is 132 Å². The summed E-state index contributed by atoms with van der Waals surface area (Å²) in [7, 11) is 0. The quantitative estimate of drug-likeness (QED) is 0.102. The maximum absolute atomic E-state index is 14.6. The van der Waals surface area contributed by atoms with Crippen molar-refractivity contribution >= 4 is 70.3 Å². The Morgan fingerprint density at radius 3 is 2.13 bits per heavy atom. The lowest BCUT2D eigenvalue weighted by Gasteiger charge is -2.17. The molecule has 0 aliphatic heterocycles. The summed E-state index contributed by atoms with van der Waals surface area (Å²) in [4.78, 5) is 44.6. The first kappa shape index (κ1) is 32.4. The van der Waals surface area contributed by atoms with E-state index < -0.39 is 22.9 Å². The van der Waals surface area contributed by atoms with Gasteiger partial charge in [-0.05, 0) is 72.3 Å². The number of thioether (sulfide) groups is 1. The number of anilines is 2. The highest BCUT2D eigenvalue weighted by Crippen LogP contribution is 2.36. The standard InChI is InChI=1S/C35H25Cl2FN4O3S/c36-24-14-19-31(39-21-24)42-35(45)32(22-8-3-1-4-9-22)46-26-17-15-25(16-18-26)40-34(44)30(20-27-28(37)12-7-13-29(27)38)41-33(43)23-10-5-2-6-11-23/h1-21,32H,(H,40,44)(H,41,43)(H,39,42,45)/b30-20-. The van der Waals surface area contributed by atoms with Crippen LogP contribution in [0.2, 0.25) is 10.0 Å². The zero-order valence-corrected chi connectivity index (χ0v) is 26.2. The van der Waals surface area contributed by atoms with Gasteiger partial charge in [0, 0.05) is 27.9 Å². The number of carbonyl (C=O) groups is 3. The fourth-order valence-corrected chi connectivity index (χ4v) is 5.58. The van der Waals surface area contributed by atoms with E-state index >= 15 is 0 Å². The Bertz CT molecular complexity index is 1850. The number of aromatic nitrogens is 1. The van der Waals surface area contributed by atoms with E-state index in [4.69, 9.17) is 23.2 Å². The van der Waals surface area contributed by atoms with E-state index in [2.05, 4.69) is 20.9 Å². The summed E-state index contributed by atoms with van der Waals surface area (Å²) in [6.45, 7) is 0. The second kappa shape index (κ2) is 15.4. The van der Waals surface area contributed by atoms with Gasteiger partial charge in [0.15, 0.2) is 0 Å². The molecule has 0 aliphatic carbocycles. The molecule has 0 radical (unpaired) electrons. The summed E-state index contributed by atoms with van der Waals surface area (Å²) in [5, 5.41) is 8.05. The SMILES string of the molecule is O=C(Nc1ccc(SC(C(=O)Nc2ccc(Cl)cn2)c2ccccc2)cc1)/C(=C/c1c(F)cccc1Cl)NC(=O)c1ccccc1. The molecule has 5 aromatic rings. The van der Waals surface area contributed by atoms with Crippen LogP contribution >= 0.6 is 35.0 Å². The minimum Gasteiger partial charge on any atom is -0.321 e. The molecule has 4 aromatic carbocycles. The van der Waals surface area contributed by atoms with Crippen molar-refractivity contribution < 1.29 is 18.8 Å². The van der Waals surface area contributed by atoms with Crippen molar-refractivity contribution in [3.8, 4) is 0 Å². The Balaban J connectivity index is 1.34. The van der Waals surface area contributed by atoms with Crippen LogP contribution in [-0.4, -0.2) is 22.7 Å². The summed E-state index contributed by atoms with van der Waals surface area (Å²) in [6, 6.07) is 31.8. The number of carbonyl (C=O) groups excluding carboxylic acids is 3. The number of hydrogen-bond donors (Lipinski definition) is 3. The molecule has 0 saturated heterocycles. The lowest BCUT2D eigenvalue weighted by atomic mass is 10.1. The van der Waals surface area contributed by atoms with Gasteiger partial charge >= 0.3 is 0 Å². The molecule has 1 heterocycles. The van der Waals surface area contributed by atoms with Crippen LogP contribution in [0.3, 0.4) is 0 Å². The van der Waals surface area contributed by atoms with Crippen LogP contribution in [-0.2, 0) is 9.59 Å². The van der Waals surface area contributed by atoms with E-state index in [-0.39, 0.29) is 22.2 Å². The van der Waals surface area contributed by atoms with E-state index in [1.54, 1.807) is 66.7 Å². The highest BCUT2D eigenvalue weighted by Gasteiger charge is 2.23. The molecule has 5 rings (SSSR count). The summed E-state index contributed by atoms with van der Waals surface area (Å²) in [5.74, 6) is -1.81. The van der Waals surface area contributed by atoms with Gasteiger partial charge < -0.3 is 16.0 Å². The second-order valence-corrected chi connectivity index (χ2v) is 11.8. The van der Waals surface area contributed by atoms with Crippen molar-refractivity contribution in [3.63, 3.8) is 0 Å². The van der Waals surface area contributed by atoms with E-state index in [0.29, 0.717) is 22.1 Å². The Morgan fingerprint density at radius 1 is 0.783 bits per heavy atom. The van der Waals surface area contributed by atoms with Crippen LogP contribution in [0, 0.1) is 5.82 Å². The number of rotatable bonds is 10. The third-order valence-corrected chi connectivity index (χ3v) is 8.32. The number of nitrogens with one attached hydrogen (secondary N) is 3. The van der Waals surface area contributed by atoms with Crippen LogP contribution in [0.25, 0.3) is 6.08 Å². The molecule has 3 N–H and O–H groups in total. The van der Waals surface area contributed by atoms with Crippen molar-refractivity contribution in [2.24, 2.45) is 0 Å². The van der Waals surface area contributed by atoms with Crippen molar-refractivity contribution in [3.05, 3.63) is 160 Å². The first-order valence-corrected chi connectivity index (χ1v) is 15.5. The zero-order valence-electron chi connectivity index (χ0n) is 23.9. The summed E-state index contributed by atoms with van der Waals surface area (Å²) >= 11 is 13.4. The normalized spacial score (nSPS) is 11.8. The number of pyridine rings is 1. The minimum absolute atomic E-state index is 0.0477. The number of amides is 3. The number of benzene rings is 4. The molecule has 0 spiro atoms. The van der Waals surface area contributed by atoms with Gasteiger partial charge in [-0.25, -0.2) is 9.37 Å². The molecule has 3 amide bonds. The Hall–Kier alpha value is -4.96. The predicted molar refractivity (Wildman–Crippen MR) is 181 cm³/mol. The topological polar surface area (TPSA) is 100 Å². The van der Waals surface area contributed by atoms with Gasteiger partial charge in [0.05, 0.1) is 10.0 Å². The largest absolute Gasteiger partial charge is 0.321 e. The molecule has 1 unspecified atom stereocenters. The summed E-state index contributed by atoms with van der Waals surface area (Å²) in [5.41, 5.74) is 1.24. The molecule has 230 valence electrons. The number of halogens is 3. The number of nitrogens with zero attached hydrogens (tertiary/aromatic N) is 1. The van der Waals surface area contributed by atoms with E-state index in [0.717, 1.165) is 10.5 Å². The smallest absolute Gasteiger partial charge is 0.272 e. The molecule has 0 bridgehead atoms. The fourth-order valence-electron chi connectivity index (χ4n) is 4.23. The first-order valence-electron chi connectivity index (χ1n) is 13.8. The number of hydrogen-bond acceptors (Lipinski definition) is 5. The van der Waals surface area contributed by atoms with E-state index in [1.165, 1.54) is 42.2 Å². The molecular weight excluding hydrogens is 646 g/mol. The van der Waals surface area contributed by atoms with Crippen LogP contribution < -0.4 is 16.0 Å². The van der Waals surface area contributed by atoms with Gasteiger partial charge in [-0.15, -0.1) is 11.8 Å². The average Bonchev–Trinajstić information content (AvgIpc) is 3.07. The molecule has 7 nitrogen and oxygen atoms in total. The minimum atomic E-state index is -0.694. The molecule has 1 aromatic heterocycles. The van der Waals surface area contributed by atoms with Gasteiger partial charge in [-0.3, -0.25) is 14.4 Å². The molecule has 0 saturated carbocycles. The molecule has 46 heavy (non-hydrogen) atoms. The van der Waals surface area contributed by atoms with Gasteiger partial charge in [0.1, 0.15) is 22.6 Å². The van der Waals surface area contributed by atoms with Gasteiger partial charge in [-0.1, -0.05) is 77.8 Å². The Kier molecular flexibility index (Phi) is 10.8. The first-order chi connectivity index (χ1) is 22.3. The average molecular weight is 672 g/mol. The van der Waals surface area contributed by atoms with Gasteiger partial charge in [0.2, 0.25) is 5.91 Å². The lowest BCUT2D eigenvalue weighted by molar-refractivity contribution is -0.116. The maximum Gasteiger partial charge on any atom is 0.272 e. The molecule has 0 fully saturated rings. The van der Waals surface area contributed by atoms with Gasteiger partial charge in [-0.2, -0.15) is 0 Å². The van der Waals surface area contributed by atoms with E-state index in [1.807, 2.05) is 30.3 Å². The summed E-state index contributed by atoms with van der Waals surface area (Å²) in [6.07, 6.45) is 2.64. The predicted octanol–water partition coefficient (Wildman–Crippen LogP) is 8.41. The third-order valence-electron chi connectivity index (χ3n) is 6.50. The monoisotopic (exact) mass is 670 g/mol. The summed E-state index contributed by atoms with van der Waals surface area (Å²) < 4.78 is 14.6. The van der Waals surface area contributed by atoms with Crippen molar-refractivity contribution in [1.29, 1.82) is 0 Å². The third kappa shape index (κ3) is 8.60. The van der Waals surface area contributed by atoms with Crippen LogP contribution in [0.1, 0.15) is 26.7 Å². The Morgan fingerprint density at radius 2 is 1.48 bits per heavy atom. The molecular formula is C35H25Cl2FN4O3S. The lowest BCUT2D eigenvalue weighted by Crippen LogP contribution is -2.30. The second-order valence-electron chi connectivity index (χ2n) is 9.75. The van der Waals surface area contributed by atoms with Crippen LogP contribution in [0.5, 0.6) is 0 Å². The maximum atomic E-state index is 14.6. The van der Waals surface area contributed by atoms with Crippen molar-refractivity contribution in [2.75, 3.05) is 10.6 Å². The fraction of sp³-hybridized carbons (Fsp3) is 0.0286. The molecule has 1 atom stereocenters. The zero-order chi connectivity index (χ0) is 32.5. The van der Waals surface area contributed by atoms with Gasteiger partial charge in [0.25, 0.3) is 11.8 Å². The van der Waals surface area contributed by atoms with Crippen molar-refractivity contribution in [2.45, 2.75) is 10.1 Å².